The van der Waals surface area contributed by atoms with Gasteiger partial charge in [0.1, 0.15) is 5.75 Å². The van der Waals surface area contributed by atoms with Crippen molar-refractivity contribution in [2.75, 3.05) is 6.61 Å². The normalized spacial score (nSPS) is 13.2. The fourth-order valence-electron chi connectivity index (χ4n) is 2.45. The number of benzene rings is 2. The summed E-state index contributed by atoms with van der Waals surface area (Å²) < 4.78 is 65.4. The molecule has 9 heteroatoms. The number of halogens is 7. The third kappa shape index (κ3) is 19.1. The van der Waals surface area contributed by atoms with Crippen molar-refractivity contribution >= 4 is 43.5 Å². The second kappa shape index (κ2) is 11.7. The molecule has 2 aromatic rings. The van der Waals surface area contributed by atoms with Gasteiger partial charge < -0.3 is 4.74 Å². The summed E-state index contributed by atoms with van der Waals surface area (Å²) in [6.45, 7) is 3.08. The van der Waals surface area contributed by atoms with Gasteiger partial charge in [-0.2, -0.15) is 0 Å². The van der Waals surface area contributed by atoms with Crippen LogP contribution < -0.4 is 4.74 Å². The molecule has 0 N–H and O–H groups in total. The monoisotopic (exact) mass is 645 g/mol. The topological polar surface area (TPSA) is 9.23 Å². The van der Waals surface area contributed by atoms with Crippen LogP contribution in [0.25, 0.3) is 11.1 Å². The number of unbranched alkanes of at least 4 members (excludes halogenated alkanes) is 5. The molecule has 0 amide bonds. The van der Waals surface area contributed by atoms with Crippen molar-refractivity contribution in [3.63, 3.8) is 0 Å². The minimum absolute atomic E-state index is 0. The second-order valence-corrected chi connectivity index (χ2v) is 11.9. The Bertz CT molecular complexity index is 679. The van der Waals surface area contributed by atoms with Crippen LogP contribution in [0.4, 0.5) is 16.9 Å². The molecule has 0 aliphatic heterocycles. The first-order valence-corrected chi connectivity index (χ1v) is 15.0. The Morgan fingerprint density at radius 3 is 1.62 bits per heavy atom. The van der Waals surface area contributed by atoms with E-state index < -0.39 is 19.5 Å². The van der Waals surface area contributed by atoms with Crippen LogP contribution in [0.5, 0.6) is 5.75 Å². The second-order valence-electron chi connectivity index (χ2n) is 6.46. The molecule has 0 radical (unpaired) electrons. The van der Waals surface area contributed by atoms with E-state index >= 15 is 0 Å². The molecule has 2 aromatic carbocycles. The summed E-state index contributed by atoms with van der Waals surface area (Å²) >= 11 is -11.2. The molecular weight excluding hydrogens is 619 g/mol. The molecule has 2 rings (SSSR count). The van der Waals surface area contributed by atoms with Gasteiger partial charge in [0.2, 0.25) is 0 Å². The molecule has 0 aliphatic carbocycles. The SMILES string of the molecule is CCCCCCCCOc1ccc(-c2ccccc2)cc1.I.[F][Sb-]([F])([F])([F])([F])[F]. The fraction of sp³-hybridized carbons (Fsp3) is 0.400. The maximum absolute atomic E-state index is 11.2. The van der Waals surface area contributed by atoms with E-state index in [1.165, 1.54) is 43.2 Å². The molecule has 0 aliphatic rings. The fourth-order valence-corrected chi connectivity index (χ4v) is 2.45. The Kier molecular flexibility index (Phi) is 11.4. The number of hydrogen-bond acceptors (Lipinski definition) is 1. The summed E-state index contributed by atoms with van der Waals surface area (Å²) in [6, 6.07) is 18.8. The molecule has 29 heavy (non-hydrogen) atoms. The number of rotatable bonds is 9. The third-order valence-electron chi connectivity index (χ3n) is 3.73. The zero-order valence-corrected chi connectivity index (χ0v) is 21.1. The first-order valence-electron chi connectivity index (χ1n) is 9.20. The standard InChI is InChI=1S/C20H26O.6FH.HI.Sb/c1-2-3-4-5-6-10-17-21-20-15-13-19(14-16-20)18-11-8-7-9-12-18;;;;;;;;/h7-9,11-16H,2-6,10,17H2,1H3;7*1H;/q;;;;;;;;+5/p-6. The predicted octanol–water partition coefficient (Wildman–Crippen LogP) is 8.85. The van der Waals surface area contributed by atoms with Crippen molar-refractivity contribution in [2.45, 2.75) is 45.4 Å². The molecule has 1 nitrogen and oxygen atoms in total. The van der Waals surface area contributed by atoms with E-state index in [9.17, 15) is 16.9 Å². The van der Waals surface area contributed by atoms with Gasteiger partial charge in [0.05, 0.1) is 6.61 Å². The quantitative estimate of drug-likeness (QED) is 0.115. The summed E-state index contributed by atoms with van der Waals surface area (Å²) in [5.74, 6) is 0.975. The molecule has 0 heterocycles. The van der Waals surface area contributed by atoms with Crippen LogP contribution >= 0.6 is 24.0 Å². The van der Waals surface area contributed by atoms with E-state index in [0.29, 0.717) is 0 Å². The Balaban J connectivity index is 0.000000846. The van der Waals surface area contributed by atoms with Crippen molar-refractivity contribution in [3.05, 3.63) is 54.6 Å². The molecule has 0 atom stereocenters. The Labute approximate surface area is 187 Å². The van der Waals surface area contributed by atoms with Gasteiger partial charge in [0.15, 0.2) is 0 Å². The summed E-state index contributed by atoms with van der Waals surface area (Å²) in [5.41, 5.74) is 2.49. The van der Waals surface area contributed by atoms with Crippen LogP contribution in [0.15, 0.2) is 54.6 Å². The summed E-state index contributed by atoms with van der Waals surface area (Å²) in [5, 5.41) is 0. The van der Waals surface area contributed by atoms with Crippen molar-refractivity contribution in [2.24, 2.45) is 0 Å². The Morgan fingerprint density at radius 2 is 1.10 bits per heavy atom. The molecule has 0 spiro atoms. The van der Waals surface area contributed by atoms with Gasteiger partial charge >= 0.3 is 36.4 Å². The number of hydrogen-bond donors (Lipinski definition) is 0. The summed E-state index contributed by atoms with van der Waals surface area (Å²) in [6.07, 6.45) is 7.81. The van der Waals surface area contributed by atoms with Gasteiger partial charge in [-0.05, 0) is 29.7 Å². The van der Waals surface area contributed by atoms with E-state index in [1.807, 2.05) is 6.07 Å². The Hall–Kier alpha value is -0.632. The van der Waals surface area contributed by atoms with Crippen molar-refractivity contribution in [3.8, 4) is 16.9 Å². The van der Waals surface area contributed by atoms with Gasteiger partial charge in [-0.15, -0.1) is 24.0 Å². The van der Waals surface area contributed by atoms with Crippen LogP contribution in [0, 0.1) is 0 Å². The molecule has 168 valence electrons. The maximum atomic E-state index is 9.93. The van der Waals surface area contributed by atoms with E-state index in [-0.39, 0.29) is 24.0 Å². The minimum atomic E-state index is -11.2. The van der Waals surface area contributed by atoms with Gasteiger partial charge in [0.25, 0.3) is 0 Å². The van der Waals surface area contributed by atoms with Crippen LogP contribution in [-0.2, 0) is 0 Å². The van der Waals surface area contributed by atoms with Crippen LogP contribution in [0.3, 0.4) is 0 Å². The van der Waals surface area contributed by atoms with Gasteiger partial charge in [-0.3, -0.25) is 0 Å². The van der Waals surface area contributed by atoms with Crippen LogP contribution in [0.2, 0.25) is 0 Å². The molecule has 0 fully saturated rings. The number of ether oxygens (including phenoxy) is 1. The van der Waals surface area contributed by atoms with Gasteiger partial charge in [0, 0.05) is 0 Å². The van der Waals surface area contributed by atoms with E-state index in [1.54, 1.807) is 0 Å². The van der Waals surface area contributed by atoms with Gasteiger partial charge in [-0.1, -0.05) is 81.5 Å². The Morgan fingerprint density at radius 1 is 0.655 bits per heavy atom. The van der Waals surface area contributed by atoms with Crippen LogP contribution in [0.1, 0.15) is 45.4 Å². The molecule has 0 saturated carbocycles. The van der Waals surface area contributed by atoms with E-state index in [4.69, 9.17) is 4.74 Å². The average molecular weight is 646 g/mol. The summed E-state index contributed by atoms with van der Waals surface area (Å²) in [4.78, 5) is 0. The van der Waals surface area contributed by atoms with Crippen molar-refractivity contribution in [1.29, 1.82) is 0 Å². The average Bonchev–Trinajstić information content (AvgIpc) is 2.60. The molecule has 0 aromatic heterocycles. The van der Waals surface area contributed by atoms with Crippen molar-refractivity contribution in [1.82, 2.24) is 0 Å². The van der Waals surface area contributed by atoms with E-state index in [2.05, 4.69) is 55.5 Å². The molecule has 0 unspecified atom stereocenters. The van der Waals surface area contributed by atoms with Crippen LogP contribution in [-0.4, -0.2) is 26.1 Å². The molecular formula is C20H27F6IOSb-. The summed E-state index contributed by atoms with van der Waals surface area (Å²) in [7, 11) is 0. The first-order chi connectivity index (χ1) is 12.8. The van der Waals surface area contributed by atoms with Gasteiger partial charge in [-0.25, -0.2) is 0 Å². The molecule has 0 saturated heterocycles. The predicted molar refractivity (Wildman–Crippen MR) is 119 cm³/mol. The zero-order valence-electron chi connectivity index (χ0n) is 16.2. The first kappa shape index (κ1) is 28.4. The zero-order chi connectivity index (χ0) is 21.2. The third-order valence-corrected chi connectivity index (χ3v) is 3.73. The van der Waals surface area contributed by atoms with Crippen molar-refractivity contribution < 1.29 is 21.6 Å². The van der Waals surface area contributed by atoms with E-state index in [0.717, 1.165) is 18.8 Å². The molecule has 0 bridgehead atoms.